The lowest BCUT2D eigenvalue weighted by Gasteiger charge is -2.11. The standard InChI is InChI=1S/C13H13FN2/c1-9-6-7-16-12(8-9)13(15)10-2-4-11(14)5-3-10/h2-8,13H,15H2,1H3. The van der Waals surface area contributed by atoms with Crippen LogP contribution in [0.1, 0.15) is 22.9 Å². The van der Waals surface area contributed by atoms with Crippen molar-refractivity contribution in [2.75, 3.05) is 0 Å². The summed E-state index contributed by atoms with van der Waals surface area (Å²) in [6.07, 6.45) is 1.73. The first-order valence-corrected chi connectivity index (χ1v) is 5.10. The van der Waals surface area contributed by atoms with Crippen LogP contribution in [0.5, 0.6) is 0 Å². The summed E-state index contributed by atoms with van der Waals surface area (Å²) >= 11 is 0. The number of hydrogen-bond acceptors (Lipinski definition) is 2. The van der Waals surface area contributed by atoms with E-state index in [2.05, 4.69) is 4.98 Å². The average Bonchev–Trinajstić information content (AvgIpc) is 2.29. The Morgan fingerprint density at radius 2 is 1.88 bits per heavy atom. The number of nitrogens with two attached hydrogens (primary N) is 1. The first-order valence-electron chi connectivity index (χ1n) is 5.10. The van der Waals surface area contributed by atoms with Crippen LogP contribution in [-0.2, 0) is 0 Å². The summed E-state index contributed by atoms with van der Waals surface area (Å²) in [4.78, 5) is 4.22. The highest BCUT2D eigenvalue weighted by atomic mass is 19.1. The Morgan fingerprint density at radius 1 is 1.19 bits per heavy atom. The minimum Gasteiger partial charge on any atom is -0.319 e. The fraction of sp³-hybridized carbons (Fsp3) is 0.154. The molecule has 1 atom stereocenters. The topological polar surface area (TPSA) is 38.9 Å². The van der Waals surface area contributed by atoms with E-state index in [1.807, 2.05) is 19.1 Å². The van der Waals surface area contributed by atoms with Crippen LogP contribution in [0.2, 0.25) is 0 Å². The van der Waals surface area contributed by atoms with E-state index in [0.29, 0.717) is 0 Å². The highest BCUT2D eigenvalue weighted by Crippen LogP contribution is 2.18. The second-order valence-electron chi connectivity index (χ2n) is 3.79. The second kappa shape index (κ2) is 4.41. The molecule has 3 heteroatoms. The molecule has 16 heavy (non-hydrogen) atoms. The van der Waals surface area contributed by atoms with E-state index < -0.39 is 0 Å². The van der Waals surface area contributed by atoms with Gasteiger partial charge in [0.2, 0.25) is 0 Å². The lowest BCUT2D eigenvalue weighted by atomic mass is 10.0. The van der Waals surface area contributed by atoms with Crippen molar-refractivity contribution in [3.8, 4) is 0 Å². The Balaban J connectivity index is 2.31. The fourth-order valence-corrected chi connectivity index (χ4v) is 1.57. The van der Waals surface area contributed by atoms with Gasteiger partial charge in [0.1, 0.15) is 5.82 Å². The van der Waals surface area contributed by atoms with E-state index in [0.717, 1.165) is 16.8 Å². The maximum absolute atomic E-state index is 12.8. The van der Waals surface area contributed by atoms with Crippen molar-refractivity contribution in [1.29, 1.82) is 0 Å². The molecule has 1 heterocycles. The Hall–Kier alpha value is -1.74. The summed E-state index contributed by atoms with van der Waals surface area (Å²) in [7, 11) is 0. The average molecular weight is 216 g/mol. The predicted molar refractivity (Wildman–Crippen MR) is 61.4 cm³/mol. The van der Waals surface area contributed by atoms with Gasteiger partial charge in [0.25, 0.3) is 0 Å². The van der Waals surface area contributed by atoms with Crippen molar-refractivity contribution < 1.29 is 4.39 Å². The van der Waals surface area contributed by atoms with E-state index in [1.165, 1.54) is 12.1 Å². The molecule has 0 aliphatic heterocycles. The van der Waals surface area contributed by atoms with E-state index >= 15 is 0 Å². The molecule has 1 aromatic carbocycles. The molecule has 1 aromatic heterocycles. The maximum atomic E-state index is 12.8. The van der Waals surface area contributed by atoms with E-state index in [-0.39, 0.29) is 11.9 Å². The number of aromatic nitrogens is 1. The van der Waals surface area contributed by atoms with Gasteiger partial charge in [0.15, 0.2) is 0 Å². The number of hydrogen-bond donors (Lipinski definition) is 1. The zero-order valence-corrected chi connectivity index (χ0v) is 9.02. The number of halogens is 1. The zero-order chi connectivity index (χ0) is 11.5. The summed E-state index contributed by atoms with van der Waals surface area (Å²) < 4.78 is 12.8. The van der Waals surface area contributed by atoms with Gasteiger partial charge in [-0.3, -0.25) is 4.98 Å². The molecule has 2 rings (SSSR count). The van der Waals surface area contributed by atoms with Gasteiger partial charge < -0.3 is 5.73 Å². The van der Waals surface area contributed by atoms with E-state index in [4.69, 9.17) is 5.73 Å². The first kappa shape index (κ1) is 10.8. The monoisotopic (exact) mass is 216 g/mol. The Labute approximate surface area is 93.9 Å². The van der Waals surface area contributed by atoms with Crippen molar-refractivity contribution in [1.82, 2.24) is 4.98 Å². The molecular weight excluding hydrogens is 203 g/mol. The molecule has 2 N–H and O–H groups in total. The van der Waals surface area contributed by atoms with Gasteiger partial charge in [0.05, 0.1) is 11.7 Å². The SMILES string of the molecule is Cc1ccnc(C(N)c2ccc(F)cc2)c1. The summed E-state index contributed by atoms with van der Waals surface area (Å²) in [5, 5.41) is 0. The Bertz CT molecular complexity index is 480. The summed E-state index contributed by atoms with van der Waals surface area (Å²) in [6, 6.07) is 9.74. The Morgan fingerprint density at radius 3 is 2.50 bits per heavy atom. The third kappa shape index (κ3) is 2.25. The highest BCUT2D eigenvalue weighted by molar-refractivity contribution is 5.29. The molecule has 0 bridgehead atoms. The molecule has 0 saturated carbocycles. The van der Waals surface area contributed by atoms with Gasteiger partial charge in [-0.1, -0.05) is 12.1 Å². The molecule has 0 spiro atoms. The van der Waals surface area contributed by atoms with Crippen molar-refractivity contribution in [2.24, 2.45) is 5.73 Å². The largest absolute Gasteiger partial charge is 0.319 e. The molecule has 0 aliphatic rings. The molecule has 0 saturated heterocycles. The van der Waals surface area contributed by atoms with E-state index in [9.17, 15) is 4.39 Å². The molecular formula is C13H13FN2. The Kier molecular flexibility index (Phi) is 2.97. The molecule has 0 radical (unpaired) electrons. The second-order valence-corrected chi connectivity index (χ2v) is 3.79. The number of benzene rings is 1. The van der Waals surface area contributed by atoms with Crippen LogP contribution < -0.4 is 5.73 Å². The van der Waals surface area contributed by atoms with Crippen molar-refractivity contribution in [2.45, 2.75) is 13.0 Å². The smallest absolute Gasteiger partial charge is 0.123 e. The van der Waals surface area contributed by atoms with Crippen LogP contribution in [0.25, 0.3) is 0 Å². The predicted octanol–water partition coefficient (Wildman–Crippen LogP) is 2.58. The van der Waals surface area contributed by atoms with E-state index in [1.54, 1.807) is 18.3 Å². The normalized spacial score (nSPS) is 12.4. The quantitative estimate of drug-likeness (QED) is 0.838. The molecule has 0 aliphatic carbocycles. The summed E-state index contributed by atoms with van der Waals surface area (Å²) in [5.74, 6) is -0.256. The number of rotatable bonds is 2. The van der Waals surface area contributed by atoms with Crippen LogP contribution in [0.15, 0.2) is 42.6 Å². The zero-order valence-electron chi connectivity index (χ0n) is 9.02. The minimum atomic E-state index is -0.305. The van der Waals surface area contributed by atoms with Crippen molar-refractivity contribution >= 4 is 0 Å². The molecule has 0 fully saturated rings. The lowest BCUT2D eigenvalue weighted by Crippen LogP contribution is -2.13. The van der Waals surface area contributed by atoms with Crippen molar-refractivity contribution in [3.05, 3.63) is 65.2 Å². The highest BCUT2D eigenvalue weighted by Gasteiger charge is 2.09. The summed E-state index contributed by atoms with van der Waals surface area (Å²) in [5.41, 5.74) is 8.82. The molecule has 2 nitrogen and oxygen atoms in total. The third-order valence-electron chi connectivity index (χ3n) is 2.48. The molecule has 0 amide bonds. The van der Waals surface area contributed by atoms with Crippen LogP contribution >= 0.6 is 0 Å². The van der Waals surface area contributed by atoms with Gasteiger partial charge in [-0.05, 0) is 42.3 Å². The first-order chi connectivity index (χ1) is 7.66. The van der Waals surface area contributed by atoms with Gasteiger partial charge in [-0.2, -0.15) is 0 Å². The van der Waals surface area contributed by atoms with Crippen LogP contribution in [0.3, 0.4) is 0 Å². The maximum Gasteiger partial charge on any atom is 0.123 e. The van der Waals surface area contributed by atoms with Gasteiger partial charge in [-0.25, -0.2) is 4.39 Å². The van der Waals surface area contributed by atoms with Crippen LogP contribution in [0, 0.1) is 12.7 Å². The van der Waals surface area contributed by atoms with Gasteiger partial charge in [-0.15, -0.1) is 0 Å². The third-order valence-corrected chi connectivity index (χ3v) is 2.48. The van der Waals surface area contributed by atoms with Crippen molar-refractivity contribution in [3.63, 3.8) is 0 Å². The molecule has 2 aromatic rings. The van der Waals surface area contributed by atoms with Crippen LogP contribution in [-0.4, -0.2) is 4.98 Å². The van der Waals surface area contributed by atoms with Gasteiger partial charge in [0, 0.05) is 6.20 Å². The number of pyridine rings is 1. The minimum absolute atomic E-state index is 0.256. The van der Waals surface area contributed by atoms with Gasteiger partial charge >= 0.3 is 0 Å². The fourth-order valence-electron chi connectivity index (χ4n) is 1.57. The molecule has 1 unspecified atom stereocenters. The number of nitrogens with zero attached hydrogens (tertiary/aromatic N) is 1. The lowest BCUT2D eigenvalue weighted by molar-refractivity contribution is 0.626. The molecule has 82 valence electrons. The van der Waals surface area contributed by atoms with Crippen LogP contribution in [0.4, 0.5) is 4.39 Å². The number of aryl methyl sites for hydroxylation is 1. The summed E-state index contributed by atoms with van der Waals surface area (Å²) in [6.45, 7) is 1.99.